The number of aromatic nitrogens is 2. The molecule has 29 heavy (non-hydrogen) atoms. The van der Waals surface area contributed by atoms with E-state index in [4.69, 9.17) is 4.74 Å². The summed E-state index contributed by atoms with van der Waals surface area (Å²) in [5.41, 5.74) is 1.76. The maximum absolute atomic E-state index is 13.0. The molecule has 0 atom stereocenters. The molecule has 6 heteroatoms. The Labute approximate surface area is 167 Å². The van der Waals surface area contributed by atoms with E-state index in [1.54, 1.807) is 42.5 Å². The predicted octanol–water partition coefficient (Wildman–Crippen LogP) is 3.87. The summed E-state index contributed by atoms with van der Waals surface area (Å²) in [5, 5.41) is 14.7. The molecule has 0 aliphatic rings. The van der Waals surface area contributed by atoms with E-state index < -0.39 is 0 Å². The predicted molar refractivity (Wildman–Crippen MR) is 113 cm³/mol. The average Bonchev–Trinajstić information content (AvgIpc) is 2.74. The van der Waals surface area contributed by atoms with Crippen molar-refractivity contribution >= 4 is 17.1 Å². The largest absolute Gasteiger partial charge is 0.507 e. The third-order valence-electron chi connectivity index (χ3n) is 4.52. The maximum Gasteiger partial charge on any atom is 0.282 e. The molecular formula is C23H19N3O3. The molecule has 0 fully saturated rings. The number of ether oxygens (including phenoxy) is 1. The Morgan fingerprint density at radius 1 is 1.03 bits per heavy atom. The minimum atomic E-state index is -0.300. The molecule has 0 aliphatic heterocycles. The van der Waals surface area contributed by atoms with Crippen LogP contribution in [0.3, 0.4) is 0 Å². The second-order valence-corrected chi connectivity index (χ2v) is 6.52. The third kappa shape index (κ3) is 3.87. The van der Waals surface area contributed by atoms with Crippen LogP contribution < -0.4 is 10.3 Å². The zero-order chi connectivity index (χ0) is 20.2. The zero-order valence-electron chi connectivity index (χ0n) is 15.8. The molecular weight excluding hydrogens is 366 g/mol. The number of aromatic hydroxyl groups is 1. The van der Waals surface area contributed by atoms with Gasteiger partial charge in [-0.3, -0.25) is 4.79 Å². The Morgan fingerprint density at radius 3 is 2.59 bits per heavy atom. The highest BCUT2D eigenvalue weighted by Crippen LogP contribution is 2.18. The molecule has 0 aliphatic carbocycles. The fourth-order valence-corrected chi connectivity index (χ4v) is 2.96. The first-order valence-electron chi connectivity index (χ1n) is 9.15. The minimum Gasteiger partial charge on any atom is -0.507 e. The molecule has 144 valence electrons. The summed E-state index contributed by atoms with van der Waals surface area (Å²) in [7, 11) is 0. The normalized spacial score (nSPS) is 11.2. The van der Waals surface area contributed by atoms with E-state index in [-0.39, 0.29) is 17.9 Å². The van der Waals surface area contributed by atoms with Gasteiger partial charge in [0.25, 0.3) is 5.56 Å². The summed E-state index contributed by atoms with van der Waals surface area (Å²) < 4.78 is 7.11. The van der Waals surface area contributed by atoms with Crippen molar-refractivity contribution in [1.82, 2.24) is 9.66 Å². The second-order valence-electron chi connectivity index (χ2n) is 6.52. The van der Waals surface area contributed by atoms with Crippen LogP contribution in [0.1, 0.15) is 17.0 Å². The zero-order valence-corrected chi connectivity index (χ0v) is 15.8. The Hall–Kier alpha value is -3.93. The van der Waals surface area contributed by atoms with Gasteiger partial charge in [0.1, 0.15) is 18.1 Å². The van der Waals surface area contributed by atoms with Gasteiger partial charge >= 0.3 is 0 Å². The van der Waals surface area contributed by atoms with Gasteiger partial charge in [-0.2, -0.15) is 9.78 Å². The van der Waals surface area contributed by atoms with Gasteiger partial charge in [0.15, 0.2) is 5.82 Å². The van der Waals surface area contributed by atoms with Crippen molar-refractivity contribution in [3.05, 3.63) is 100 Å². The van der Waals surface area contributed by atoms with Crippen molar-refractivity contribution < 1.29 is 9.84 Å². The van der Waals surface area contributed by atoms with Crippen LogP contribution in [0, 0.1) is 6.92 Å². The van der Waals surface area contributed by atoms with E-state index in [1.165, 1.54) is 10.9 Å². The SMILES string of the molecule is Cc1ccccc1OCc1nc2ccccc2c(=O)n1N=Cc1ccccc1O. The van der Waals surface area contributed by atoms with Gasteiger partial charge in [0.05, 0.1) is 17.1 Å². The van der Waals surface area contributed by atoms with Gasteiger partial charge in [0, 0.05) is 5.56 Å². The van der Waals surface area contributed by atoms with Gasteiger partial charge in [0.2, 0.25) is 0 Å². The molecule has 4 rings (SSSR count). The van der Waals surface area contributed by atoms with E-state index >= 15 is 0 Å². The van der Waals surface area contributed by atoms with Crippen molar-refractivity contribution in [2.45, 2.75) is 13.5 Å². The van der Waals surface area contributed by atoms with E-state index in [2.05, 4.69) is 10.1 Å². The third-order valence-corrected chi connectivity index (χ3v) is 4.52. The molecule has 1 N–H and O–H groups in total. The lowest BCUT2D eigenvalue weighted by molar-refractivity contribution is 0.287. The van der Waals surface area contributed by atoms with Gasteiger partial charge < -0.3 is 9.84 Å². The highest BCUT2D eigenvalue weighted by molar-refractivity contribution is 5.83. The lowest BCUT2D eigenvalue weighted by Gasteiger charge is -2.12. The molecule has 6 nitrogen and oxygen atoms in total. The number of phenols is 1. The molecule has 3 aromatic carbocycles. The van der Waals surface area contributed by atoms with Crippen molar-refractivity contribution in [1.29, 1.82) is 0 Å². The second kappa shape index (κ2) is 7.98. The standard InChI is InChI=1S/C23H19N3O3/c1-16-8-2-7-13-21(16)29-15-22-25-19-11-5-4-10-18(19)23(28)26(22)24-14-17-9-3-6-12-20(17)27/h2-14,27H,15H2,1H3. The topological polar surface area (TPSA) is 76.7 Å². The molecule has 0 bridgehead atoms. The Balaban J connectivity index is 1.77. The first kappa shape index (κ1) is 18.4. The number of para-hydroxylation sites is 3. The van der Waals surface area contributed by atoms with E-state index in [0.717, 1.165) is 5.56 Å². The lowest BCUT2D eigenvalue weighted by atomic mass is 10.2. The highest BCUT2D eigenvalue weighted by atomic mass is 16.5. The smallest absolute Gasteiger partial charge is 0.282 e. The molecule has 0 amide bonds. The van der Waals surface area contributed by atoms with Crippen LogP contribution in [0.25, 0.3) is 10.9 Å². The maximum atomic E-state index is 13.0. The van der Waals surface area contributed by atoms with E-state index in [0.29, 0.717) is 28.0 Å². The van der Waals surface area contributed by atoms with Crippen LogP contribution in [-0.4, -0.2) is 21.0 Å². The average molecular weight is 385 g/mol. The summed E-state index contributed by atoms with van der Waals surface area (Å²) in [5.74, 6) is 1.16. The summed E-state index contributed by atoms with van der Waals surface area (Å²) in [4.78, 5) is 17.6. The Bertz CT molecular complexity index is 1260. The number of nitrogens with zero attached hydrogens (tertiary/aromatic N) is 3. The summed E-state index contributed by atoms with van der Waals surface area (Å²) in [6.45, 7) is 2.02. The minimum absolute atomic E-state index is 0.0725. The molecule has 0 saturated carbocycles. The first-order chi connectivity index (χ1) is 14.1. The summed E-state index contributed by atoms with van der Waals surface area (Å²) in [6.07, 6.45) is 1.43. The quantitative estimate of drug-likeness (QED) is 0.529. The molecule has 0 spiro atoms. The molecule has 0 radical (unpaired) electrons. The Morgan fingerprint density at radius 2 is 1.76 bits per heavy atom. The fraction of sp³-hybridized carbons (Fsp3) is 0.0870. The van der Waals surface area contributed by atoms with Crippen LogP contribution in [0.5, 0.6) is 11.5 Å². The van der Waals surface area contributed by atoms with Crippen LogP contribution in [0.2, 0.25) is 0 Å². The monoisotopic (exact) mass is 385 g/mol. The molecule has 0 unspecified atom stereocenters. The number of aryl methyl sites for hydroxylation is 1. The van der Waals surface area contributed by atoms with Gasteiger partial charge in [-0.15, -0.1) is 0 Å². The van der Waals surface area contributed by atoms with Crippen LogP contribution in [0.4, 0.5) is 0 Å². The number of hydrogen-bond acceptors (Lipinski definition) is 5. The molecule has 1 heterocycles. The van der Waals surface area contributed by atoms with Gasteiger partial charge in [-0.05, 0) is 42.8 Å². The van der Waals surface area contributed by atoms with Gasteiger partial charge in [-0.1, -0.05) is 42.5 Å². The fourth-order valence-electron chi connectivity index (χ4n) is 2.96. The highest BCUT2D eigenvalue weighted by Gasteiger charge is 2.12. The number of rotatable bonds is 5. The van der Waals surface area contributed by atoms with E-state index in [1.807, 2.05) is 37.3 Å². The number of hydrogen-bond donors (Lipinski definition) is 1. The number of benzene rings is 3. The van der Waals surface area contributed by atoms with Crippen molar-refractivity contribution in [3.8, 4) is 11.5 Å². The molecule has 1 aromatic heterocycles. The van der Waals surface area contributed by atoms with Crippen LogP contribution in [-0.2, 0) is 6.61 Å². The Kier molecular flexibility index (Phi) is 5.07. The van der Waals surface area contributed by atoms with Crippen LogP contribution >= 0.6 is 0 Å². The summed E-state index contributed by atoms with van der Waals surface area (Å²) in [6, 6.07) is 21.5. The summed E-state index contributed by atoms with van der Waals surface area (Å²) >= 11 is 0. The van der Waals surface area contributed by atoms with Crippen molar-refractivity contribution in [2.24, 2.45) is 5.10 Å². The van der Waals surface area contributed by atoms with E-state index in [9.17, 15) is 9.90 Å². The van der Waals surface area contributed by atoms with Crippen LogP contribution in [0.15, 0.2) is 82.7 Å². The van der Waals surface area contributed by atoms with Gasteiger partial charge in [-0.25, -0.2) is 4.98 Å². The van der Waals surface area contributed by atoms with Crippen molar-refractivity contribution in [2.75, 3.05) is 0 Å². The lowest BCUT2D eigenvalue weighted by Crippen LogP contribution is -2.23. The molecule has 0 saturated heterocycles. The first-order valence-corrected chi connectivity index (χ1v) is 9.15. The number of phenolic OH excluding ortho intramolecular Hbond substituents is 1. The number of fused-ring (bicyclic) bond motifs is 1. The molecule has 4 aromatic rings. The van der Waals surface area contributed by atoms with Crippen molar-refractivity contribution in [3.63, 3.8) is 0 Å².